The first kappa shape index (κ1) is 70.1. The molecule has 74 heavy (non-hydrogen) atoms. The summed E-state index contributed by atoms with van der Waals surface area (Å²) >= 11 is 0. The van der Waals surface area contributed by atoms with E-state index in [0.717, 1.165) is 103 Å². The summed E-state index contributed by atoms with van der Waals surface area (Å²) in [5.41, 5.74) is 0. The molecule has 0 saturated carbocycles. The van der Waals surface area contributed by atoms with Crippen LogP contribution in [0, 0.1) is 0 Å². The largest absolute Gasteiger partial charge is 0.472 e. The Morgan fingerprint density at radius 3 is 1.19 bits per heavy atom. The van der Waals surface area contributed by atoms with E-state index >= 15 is 0 Å². The van der Waals surface area contributed by atoms with Crippen molar-refractivity contribution in [1.29, 1.82) is 0 Å². The Labute approximate surface area is 450 Å². The molecule has 11 nitrogen and oxygen atoms in total. The van der Waals surface area contributed by atoms with Crippen LogP contribution in [-0.4, -0.2) is 66.5 Å². The third kappa shape index (κ3) is 53.0. The molecule has 2 N–H and O–H groups in total. The van der Waals surface area contributed by atoms with E-state index in [1.807, 2.05) is 12.2 Å². The molecule has 0 rings (SSSR count). The predicted molar refractivity (Wildman–Crippen MR) is 307 cm³/mol. The van der Waals surface area contributed by atoms with Gasteiger partial charge in [0, 0.05) is 19.3 Å². The molecule has 12 heteroatoms. The molecule has 422 valence electrons. The fraction of sp³-hybridized carbons (Fsp3) is 0.661. The number of aliphatic hydroxyl groups is 1. The second-order valence-electron chi connectivity index (χ2n) is 18.7. The van der Waals surface area contributed by atoms with E-state index in [4.69, 9.17) is 23.3 Å². The lowest BCUT2D eigenvalue weighted by Gasteiger charge is -2.21. The van der Waals surface area contributed by atoms with Crippen molar-refractivity contribution in [2.75, 3.05) is 26.4 Å². The number of hydrogen-bond acceptors (Lipinski definition) is 10. The number of ether oxygens (including phenoxy) is 3. The Balaban J connectivity index is 4.86. The third-order valence-electron chi connectivity index (χ3n) is 11.7. The average Bonchev–Trinajstić information content (AvgIpc) is 3.39. The summed E-state index contributed by atoms with van der Waals surface area (Å²) in [6, 6.07) is 0. The van der Waals surface area contributed by atoms with Gasteiger partial charge in [-0.05, 0) is 96.3 Å². The number of hydrogen-bond donors (Lipinski definition) is 2. The molecule has 0 fully saturated rings. The van der Waals surface area contributed by atoms with Crippen LogP contribution in [0.25, 0.3) is 0 Å². The molecule has 0 aliphatic rings. The Morgan fingerprint density at radius 1 is 0.392 bits per heavy atom. The lowest BCUT2D eigenvalue weighted by atomic mass is 10.1. The smallest absolute Gasteiger partial charge is 0.462 e. The molecule has 0 saturated heterocycles. The van der Waals surface area contributed by atoms with Crippen molar-refractivity contribution in [2.45, 2.75) is 238 Å². The van der Waals surface area contributed by atoms with Gasteiger partial charge in [-0.1, -0.05) is 220 Å². The van der Waals surface area contributed by atoms with Crippen molar-refractivity contribution < 1.29 is 52.2 Å². The molecular weight excluding hydrogens is 952 g/mol. The molecule has 0 amide bonds. The highest BCUT2D eigenvalue weighted by Crippen LogP contribution is 2.43. The van der Waals surface area contributed by atoms with Gasteiger partial charge in [-0.2, -0.15) is 0 Å². The molecule has 0 aromatic rings. The summed E-state index contributed by atoms with van der Waals surface area (Å²) < 4.78 is 39.3. The van der Waals surface area contributed by atoms with Gasteiger partial charge in [0.15, 0.2) is 6.10 Å². The van der Waals surface area contributed by atoms with Gasteiger partial charge < -0.3 is 24.2 Å². The highest BCUT2D eigenvalue weighted by atomic mass is 31.2. The second kappa shape index (κ2) is 55.4. The van der Waals surface area contributed by atoms with Crippen LogP contribution >= 0.6 is 7.82 Å². The van der Waals surface area contributed by atoms with Crippen LogP contribution in [0.2, 0.25) is 0 Å². The number of unbranched alkanes of at least 4 members (excludes halogenated alkanes) is 17. The van der Waals surface area contributed by atoms with E-state index in [1.165, 1.54) is 57.8 Å². The SMILES string of the molecule is CC/C=C\C/C=C\C/C=C\C/C=C\C/C=C\C/C=C\CCC(=O)OC(COC(=O)CCCCCCCC/C=C\C/C=C\C/C=C\CCCCC)COP(=O)(O)OCC(CO)OC(=O)CCCCCCCCCCC. The predicted octanol–water partition coefficient (Wildman–Crippen LogP) is 17.0. The van der Waals surface area contributed by atoms with Gasteiger partial charge in [0.05, 0.1) is 19.8 Å². The Bertz CT molecular complexity index is 1660. The van der Waals surface area contributed by atoms with Crippen LogP contribution in [0.3, 0.4) is 0 Å². The summed E-state index contributed by atoms with van der Waals surface area (Å²) in [6.07, 6.45) is 66.4. The van der Waals surface area contributed by atoms with Crippen molar-refractivity contribution in [3.63, 3.8) is 0 Å². The van der Waals surface area contributed by atoms with E-state index in [0.29, 0.717) is 25.7 Å². The van der Waals surface area contributed by atoms with E-state index in [-0.39, 0.29) is 25.9 Å². The van der Waals surface area contributed by atoms with Crippen molar-refractivity contribution in [2.24, 2.45) is 0 Å². The molecule has 0 bridgehead atoms. The lowest BCUT2D eigenvalue weighted by molar-refractivity contribution is -0.161. The highest BCUT2D eigenvalue weighted by molar-refractivity contribution is 7.47. The van der Waals surface area contributed by atoms with Crippen LogP contribution in [0.15, 0.2) is 109 Å². The zero-order valence-electron chi connectivity index (χ0n) is 46.5. The molecule has 0 aromatic heterocycles. The highest BCUT2D eigenvalue weighted by Gasteiger charge is 2.28. The van der Waals surface area contributed by atoms with Gasteiger partial charge in [-0.3, -0.25) is 23.4 Å². The fourth-order valence-electron chi connectivity index (χ4n) is 7.33. The van der Waals surface area contributed by atoms with Crippen LogP contribution < -0.4 is 0 Å². The summed E-state index contributed by atoms with van der Waals surface area (Å²) in [4.78, 5) is 48.4. The number of allylic oxidation sites excluding steroid dienone is 18. The fourth-order valence-corrected chi connectivity index (χ4v) is 8.11. The Kier molecular flexibility index (Phi) is 52.5. The summed E-state index contributed by atoms with van der Waals surface area (Å²) in [5.74, 6) is -1.59. The van der Waals surface area contributed by atoms with Crippen LogP contribution in [0.4, 0.5) is 0 Å². The monoisotopic (exact) mass is 1050 g/mol. The van der Waals surface area contributed by atoms with Crippen molar-refractivity contribution in [1.82, 2.24) is 0 Å². The molecular formula is C62H103O11P. The number of carbonyl (C=O) groups is 3. The summed E-state index contributed by atoms with van der Waals surface area (Å²) in [7, 11) is -4.77. The first-order chi connectivity index (χ1) is 36.2. The van der Waals surface area contributed by atoms with Crippen LogP contribution in [-0.2, 0) is 42.2 Å². The molecule has 0 radical (unpaired) electrons. The minimum Gasteiger partial charge on any atom is -0.462 e. The number of carbonyl (C=O) groups excluding carboxylic acids is 3. The first-order valence-corrected chi connectivity index (χ1v) is 30.3. The van der Waals surface area contributed by atoms with Crippen molar-refractivity contribution in [3.05, 3.63) is 109 Å². The first-order valence-electron chi connectivity index (χ1n) is 28.8. The van der Waals surface area contributed by atoms with Gasteiger partial charge in [-0.25, -0.2) is 4.57 Å². The molecule has 0 aliphatic heterocycles. The Morgan fingerprint density at radius 2 is 0.730 bits per heavy atom. The van der Waals surface area contributed by atoms with E-state index < -0.39 is 57.8 Å². The van der Waals surface area contributed by atoms with E-state index in [1.54, 1.807) is 0 Å². The van der Waals surface area contributed by atoms with Crippen LogP contribution in [0.5, 0.6) is 0 Å². The molecule has 3 atom stereocenters. The number of phosphoric acid groups is 1. The zero-order chi connectivity index (χ0) is 54.1. The summed E-state index contributed by atoms with van der Waals surface area (Å²) in [6.45, 7) is 4.37. The van der Waals surface area contributed by atoms with Gasteiger partial charge >= 0.3 is 25.7 Å². The number of aliphatic hydroxyl groups excluding tert-OH is 1. The second-order valence-corrected chi connectivity index (χ2v) is 20.2. The molecule has 3 unspecified atom stereocenters. The van der Waals surface area contributed by atoms with Crippen molar-refractivity contribution in [3.8, 4) is 0 Å². The maximum Gasteiger partial charge on any atom is 0.472 e. The topological polar surface area (TPSA) is 155 Å². The molecule has 0 aliphatic carbocycles. The van der Waals surface area contributed by atoms with Gasteiger partial charge in [0.1, 0.15) is 12.7 Å². The van der Waals surface area contributed by atoms with E-state index in [2.05, 4.69) is 118 Å². The normalized spacial score (nSPS) is 14.2. The maximum atomic E-state index is 12.9. The third-order valence-corrected chi connectivity index (χ3v) is 12.6. The average molecular weight is 1060 g/mol. The number of rotatable bonds is 52. The maximum absolute atomic E-state index is 12.9. The van der Waals surface area contributed by atoms with Gasteiger partial charge in [0.2, 0.25) is 0 Å². The van der Waals surface area contributed by atoms with E-state index in [9.17, 15) is 28.9 Å². The number of esters is 3. The minimum atomic E-state index is -4.77. The summed E-state index contributed by atoms with van der Waals surface area (Å²) in [5, 5.41) is 9.77. The molecule has 0 heterocycles. The van der Waals surface area contributed by atoms with Gasteiger partial charge in [-0.15, -0.1) is 0 Å². The minimum absolute atomic E-state index is 0.0352. The molecule has 0 aromatic carbocycles. The van der Waals surface area contributed by atoms with Crippen LogP contribution in [0.1, 0.15) is 226 Å². The standard InChI is InChI=1S/C62H103O11P/c1-4-7-10-13-16-19-21-23-25-27-29-31-33-35-37-40-42-45-48-51-60(64)69-55-59(57-71-74(67,68)70-56-58(54-63)72-61(65)52-49-46-43-39-18-15-12-9-6-3)73-62(66)53-50-47-44-41-38-36-34-32-30-28-26-24-22-20-17-14-11-8-5-2/h8,11,16-17,19-20,23-26,29-32,36,38,44,47,58-59,63H,4-7,9-10,12-15,18,21-22,27-28,33-35,37,39-43,45-46,48-57H2,1-3H3,(H,67,68)/b11-8-,19-16-,20-17-,25-23-,26-24-,31-29-,32-30-,38-36-,47-44-. The Hall–Kier alpha value is -3.86. The van der Waals surface area contributed by atoms with Crippen molar-refractivity contribution >= 4 is 25.7 Å². The lowest BCUT2D eigenvalue weighted by Crippen LogP contribution is -2.30. The van der Waals surface area contributed by atoms with Gasteiger partial charge in [0.25, 0.3) is 0 Å². The molecule has 0 spiro atoms. The zero-order valence-corrected chi connectivity index (χ0v) is 47.4. The quantitative estimate of drug-likeness (QED) is 0.0197. The number of phosphoric ester groups is 1.